The van der Waals surface area contributed by atoms with Crippen molar-refractivity contribution in [2.24, 2.45) is 7.05 Å². The summed E-state index contributed by atoms with van der Waals surface area (Å²) in [5, 5.41) is 7.46. The number of nitrogens with one attached hydrogen (secondary N) is 2. The number of nitrogens with zero attached hydrogens (tertiary/aromatic N) is 3. The first-order valence-corrected chi connectivity index (χ1v) is 10.2. The van der Waals surface area contributed by atoms with Gasteiger partial charge in [-0.2, -0.15) is 0 Å². The second-order valence-corrected chi connectivity index (χ2v) is 7.51. The van der Waals surface area contributed by atoms with Crippen LogP contribution in [-0.4, -0.2) is 32.1 Å². The topological polar surface area (TPSA) is 88.9 Å². The van der Waals surface area contributed by atoms with E-state index in [1.54, 1.807) is 36.7 Å². The minimum atomic E-state index is -0.239. The van der Waals surface area contributed by atoms with Crippen LogP contribution in [0.15, 0.2) is 78.3 Å². The minimum Gasteiger partial charge on any atom is -0.329 e. The van der Waals surface area contributed by atoms with E-state index in [2.05, 4.69) is 20.6 Å². The maximum absolute atomic E-state index is 12.6. The number of amides is 2. The van der Waals surface area contributed by atoms with Gasteiger partial charge in [0.15, 0.2) is 5.16 Å². The van der Waals surface area contributed by atoms with Crippen LogP contribution in [0.2, 0.25) is 0 Å². The maximum atomic E-state index is 12.6. The number of para-hydroxylation sites is 1. The molecule has 8 heteroatoms. The summed E-state index contributed by atoms with van der Waals surface area (Å²) in [5.74, 6) is -0.125. The van der Waals surface area contributed by atoms with Gasteiger partial charge in [-0.1, -0.05) is 30.0 Å². The molecule has 0 radical (unpaired) electrons. The molecule has 150 valence electrons. The van der Waals surface area contributed by atoms with Gasteiger partial charge in [-0.15, -0.1) is 0 Å². The molecule has 4 rings (SSSR count). The molecule has 0 atom stereocenters. The lowest BCUT2D eigenvalue weighted by Gasteiger charge is -2.09. The molecular formula is C22H19N5O2S. The van der Waals surface area contributed by atoms with Crippen molar-refractivity contribution in [1.29, 1.82) is 0 Å². The second-order valence-electron chi connectivity index (χ2n) is 6.57. The number of benzene rings is 2. The lowest BCUT2D eigenvalue weighted by molar-refractivity contribution is -0.113. The Labute approximate surface area is 177 Å². The van der Waals surface area contributed by atoms with Crippen molar-refractivity contribution in [1.82, 2.24) is 14.5 Å². The molecule has 0 spiro atoms. The predicted octanol–water partition coefficient (Wildman–Crippen LogP) is 3.95. The van der Waals surface area contributed by atoms with Crippen LogP contribution in [0, 0.1) is 0 Å². The number of pyridine rings is 1. The smallest absolute Gasteiger partial charge is 0.255 e. The number of thioether (sulfide) groups is 1. The number of hydrogen-bond acceptors (Lipinski definition) is 5. The van der Waals surface area contributed by atoms with Gasteiger partial charge in [-0.3, -0.25) is 14.6 Å². The lowest BCUT2D eigenvalue weighted by atomic mass is 10.1. The molecule has 2 N–H and O–H groups in total. The first-order valence-electron chi connectivity index (χ1n) is 9.25. The molecule has 2 heterocycles. The van der Waals surface area contributed by atoms with Crippen molar-refractivity contribution in [3.05, 3.63) is 78.8 Å². The molecule has 0 fully saturated rings. The number of rotatable bonds is 6. The van der Waals surface area contributed by atoms with E-state index in [-0.39, 0.29) is 17.6 Å². The van der Waals surface area contributed by atoms with Gasteiger partial charge in [0.25, 0.3) is 5.91 Å². The molecule has 2 aromatic heterocycles. The fourth-order valence-electron chi connectivity index (χ4n) is 2.92. The van der Waals surface area contributed by atoms with Crippen LogP contribution in [0.3, 0.4) is 0 Å². The first-order chi connectivity index (χ1) is 14.6. The second kappa shape index (κ2) is 8.79. The fraction of sp³-hybridized carbons (Fsp3) is 0.0909. The van der Waals surface area contributed by atoms with E-state index in [1.165, 1.54) is 11.8 Å². The summed E-state index contributed by atoms with van der Waals surface area (Å²) in [7, 11) is 1.88. The van der Waals surface area contributed by atoms with E-state index in [0.29, 0.717) is 16.9 Å². The minimum absolute atomic E-state index is 0.137. The third-order valence-corrected chi connectivity index (χ3v) is 5.48. The van der Waals surface area contributed by atoms with Crippen molar-refractivity contribution in [3.8, 4) is 0 Å². The summed E-state index contributed by atoms with van der Waals surface area (Å²) in [6.07, 6.45) is 5.22. The molecule has 0 aliphatic heterocycles. The van der Waals surface area contributed by atoms with E-state index in [4.69, 9.17) is 0 Å². The molecule has 7 nitrogen and oxygen atoms in total. The largest absolute Gasteiger partial charge is 0.329 e. The fourth-order valence-corrected chi connectivity index (χ4v) is 3.65. The van der Waals surface area contributed by atoms with Crippen LogP contribution in [0.5, 0.6) is 0 Å². The van der Waals surface area contributed by atoms with Gasteiger partial charge >= 0.3 is 0 Å². The number of carbonyl (C=O) groups is 2. The Hall–Kier alpha value is -3.65. The highest BCUT2D eigenvalue weighted by molar-refractivity contribution is 7.99. The number of fused-ring (bicyclic) bond motifs is 1. The van der Waals surface area contributed by atoms with Gasteiger partial charge in [0.2, 0.25) is 5.91 Å². The summed E-state index contributed by atoms with van der Waals surface area (Å²) in [5.41, 5.74) is 2.51. The molecule has 0 aliphatic rings. The zero-order chi connectivity index (χ0) is 20.9. The molecule has 0 bridgehead atoms. The molecular weight excluding hydrogens is 398 g/mol. The van der Waals surface area contributed by atoms with Crippen LogP contribution in [0.25, 0.3) is 10.9 Å². The monoisotopic (exact) mass is 417 g/mol. The van der Waals surface area contributed by atoms with Gasteiger partial charge < -0.3 is 15.2 Å². The summed E-state index contributed by atoms with van der Waals surface area (Å²) in [4.78, 5) is 33.3. The van der Waals surface area contributed by atoms with Crippen molar-refractivity contribution in [2.75, 3.05) is 16.4 Å². The van der Waals surface area contributed by atoms with E-state index in [1.807, 2.05) is 48.1 Å². The molecule has 0 unspecified atom stereocenters. The van der Waals surface area contributed by atoms with Gasteiger partial charge in [0.1, 0.15) is 0 Å². The highest BCUT2D eigenvalue weighted by atomic mass is 32.2. The zero-order valence-corrected chi connectivity index (χ0v) is 17.0. The number of aromatic nitrogens is 3. The highest BCUT2D eigenvalue weighted by Crippen LogP contribution is 2.22. The summed E-state index contributed by atoms with van der Waals surface area (Å²) >= 11 is 1.36. The quantitative estimate of drug-likeness (QED) is 0.464. The van der Waals surface area contributed by atoms with Crippen molar-refractivity contribution >= 4 is 45.9 Å². The normalized spacial score (nSPS) is 10.7. The zero-order valence-electron chi connectivity index (χ0n) is 16.2. The van der Waals surface area contributed by atoms with Crippen LogP contribution in [0.4, 0.5) is 11.4 Å². The highest BCUT2D eigenvalue weighted by Gasteiger charge is 2.10. The third-order valence-electron chi connectivity index (χ3n) is 4.42. The Morgan fingerprint density at radius 1 is 0.967 bits per heavy atom. The van der Waals surface area contributed by atoms with Gasteiger partial charge in [-0.25, -0.2) is 4.98 Å². The first kappa shape index (κ1) is 19.7. The van der Waals surface area contributed by atoms with E-state index < -0.39 is 0 Å². The molecule has 2 aromatic carbocycles. The number of aryl methyl sites for hydroxylation is 1. The van der Waals surface area contributed by atoms with Crippen molar-refractivity contribution in [2.45, 2.75) is 5.16 Å². The molecule has 0 saturated heterocycles. The van der Waals surface area contributed by atoms with Gasteiger partial charge in [0.05, 0.1) is 17.0 Å². The third kappa shape index (κ3) is 4.49. The maximum Gasteiger partial charge on any atom is 0.255 e. The van der Waals surface area contributed by atoms with Crippen LogP contribution >= 0.6 is 11.8 Å². The number of anilines is 2. The Kier molecular flexibility index (Phi) is 5.76. The average Bonchev–Trinajstić information content (AvgIpc) is 3.18. The predicted molar refractivity (Wildman–Crippen MR) is 119 cm³/mol. The van der Waals surface area contributed by atoms with Crippen molar-refractivity contribution in [3.63, 3.8) is 0 Å². The molecule has 0 saturated carbocycles. The Bertz CT molecular complexity index is 1200. The van der Waals surface area contributed by atoms with Gasteiger partial charge in [0, 0.05) is 42.3 Å². The summed E-state index contributed by atoms with van der Waals surface area (Å²) in [6.45, 7) is 0. The standard InChI is InChI=1S/C22H19N5O2S/c1-27-13-12-24-22(27)30-14-19(28)25-17-9-7-16(8-10-17)21(29)26-18-6-2-4-15-5-3-11-23-20(15)18/h2-13H,14H2,1H3,(H,25,28)(H,26,29). The lowest BCUT2D eigenvalue weighted by Crippen LogP contribution is -2.15. The summed E-state index contributed by atoms with van der Waals surface area (Å²) in [6, 6.07) is 16.2. The molecule has 30 heavy (non-hydrogen) atoms. The Morgan fingerprint density at radius 3 is 2.53 bits per heavy atom. The van der Waals surface area contributed by atoms with E-state index in [0.717, 1.165) is 16.1 Å². The molecule has 0 aliphatic carbocycles. The Balaban J connectivity index is 1.37. The SMILES string of the molecule is Cn1ccnc1SCC(=O)Nc1ccc(C(=O)Nc2cccc3cccnc23)cc1. The number of carbonyl (C=O) groups excluding carboxylic acids is 2. The Morgan fingerprint density at radius 2 is 1.77 bits per heavy atom. The average molecular weight is 417 g/mol. The van der Waals surface area contributed by atoms with Crippen LogP contribution in [-0.2, 0) is 11.8 Å². The van der Waals surface area contributed by atoms with E-state index >= 15 is 0 Å². The van der Waals surface area contributed by atoms with Crippen molar-refractivity contribution < 1.29 is 9.59 Å². The molecule has 4 aromatic rings. The molecule has 2 amide bonds. The number of imidazole rings is 1. The van der Waals surface area contributed by atoms with E-state index in [9.17, 15) is 9.59 Å². The number of hydrogen-bond donors (Lipinski definition) is 2. The summed E-state index contributed by atoms with van der Waals surface area (Å²) < 4.78 is 1.86. The van der Waals surface area contributed by atoms with Gasteiger partial charge in [-0.05, 0) is 36.4 Å². The van der Waals surface area contributed by atoms with Crippen LogP contribution < -0.4 is 10.6 Å². The van der Waals surface area contributed by atoms with Crippen LogP contribution in [0.1, 0.15) is 10.4 Å².